The molecule has 0 aliphatic rings. The van der Waals surface area contributed by atoms with E-state index >= 15 is 0 Å². The van der Waals surface area contributed by atoms with Crippen LogP contribution in [0.25, 0.3) is 0 Å². The molecule has 1 aromatic carbocycles. The maximum atomic E-state index is 14.6. The zero-order chi connectivity index (χ0) is 13.1. The second kappa shape index (κ2) is 5.81. The van der Waals surface area contributed by atoms with Gasteiger partial charge >= 0.3 is 98.8 Å². The zero-order valence-electron chi connectivity index (χ0n) is 9.99. The first kappa shape index (κ1) is 14.4. The fourth-order valence-electron chi connectivity index (χ4n) is 1.83. The molecule has 5 heteroatoms. The molecule has 0 fully saturated rings. The summed E-state index contributed by atoms with van der Waals surface area (Å²) in [5.41, 5.74) is 0. The van der Waals surface area contributed by atoms with Crippen LogP contribution in [-0.4, -0.2) is 12.3 Å². The molecule has 1 aromatic rings. The monoisotopic (exact) mass is 268 g/mol. The molecular weight excluding hydrogens is 251 g/mol. The predicted octanol–water partition coefficient (Wildman–Crippen LogP) is 4.18. The number of halogens is 4. The van der Waals surface area contributed by atoms with Gasteiger partial charge in [-0.2, -0.15) is 0 Å². The van der Waals surface area contributed by atoms with Gasteiger partial charge in [0.1, 0.15) is 0 Å². The van der Waals surface area contributed by atoms with Crippen molar-refractivity contribution in [3.63, 3.8) is 0 Å². The van der Waals surface area contributed by atoms with E-state index in [1.807, 2.05) is 6.92 Å². The molecule has 0 amide bonds. The van der Waals surface area contributed by atoms with E-state index in [0.717, 1.165) is 18.6 Å². The third kappa shape index (κ3) is 2.98. The molecule has 0 bridgehead atoms. The minimum atomic E-state index is -3.50. The van der Waals surface area contributed by atoms with Crippen LogP contribution in [0.5, 0.6) is 0 Å². The summed E-state index contributed by atoms with van der Waals surface area (Å²) in [7, 11) is -3.50. The molecule has 0 aliphatic heterocycles. The average molecular weight is 268 g/mol. The van der Waals surface area contributed by atoms with Crippen molar-refractivity contribution >= 4 is 12.9 Å². The summed E-state index contributed by atoms with van der Waals surface area (Å²) in [5.74, 6) is -4.19. The normalized spacial score (nSPS) is 12.8. The Balaban J connectivity index is 3.16. The van der Waals surface area contributed by atoms with Crippen LogP contribution >= 0.6 is 7.57 Å². The van der Waals surface area contributed by atoms with Crippen LogP contribution in [0.4, 0.5) is 17.4 Å². The fourth-order valence-corrected chi connectivity index (χ4v) is 4.63. The van der Waals surface area contributed by atoms with Gasteiger partial charge in [0.25, 0.3) is 0 Å². The summed E-state index contributed by atoms with van der Waals surface area (Å²) >= 11 is 0. The molecule has 0 saturated carbocycles. The van der Waals surface area contributed by atoms with E-state index in [4.69, 9.17) is 0 Å². The molecule has 0 saturated heterocycles. The van der Waals surface area contributed by atoms with E-state index in [1.54, 1.807) is 6.92 Å². The van der Waals surface area contributed by atoms with Crippen molar-refractivity contribution in [3.8, 4) is 0 Å². The number of hydrogen-bond acceptors (Lipinski definition) is 0. The van der Waals surface area contributed by atoms with Crippen molar-refractivity contribution in [2.24, 2.45) is 0 Å². The molecule has 0 nitrogen and oxygen atoms in total. The van der Waals surface area contributed by atoms with Crippen LogP contribution in [0, 0.1) is 17.5 Å². The van der Waals surface area contributed by atoms with Crippen LogP contribution in [0.1, 0.15) is 26.7 Å². The van der Waals surface area contributed by atoms with Gasteiger partial charge in [0, 0.05) is 0 Å². The Kier molecular flexibility index (Phi) is 4.93. The Morgan fingerprint density at radius 3 is 2.24 bits per heavy atom. The van der Waals surface area contributed by atoms with E-state index in [2.05, 4.69) is 0 Å². The summed E-state index contributed by atoms with van der Waals surface area (Å²) in [6.45, 7) is 3.54. The minimum absolute atomic E-state index is 0.176. The van der Waals surface area contributed by atoms with Gasteiger partial charge in [-0.25, -0.2) is 0 Å². The van der Waals surface area contributed by atoms with Crippen LogP contribution in [0.15, 0.2) is 12.1 Å². The molecule has 17 heavy (non-hydrogen) atoms. The summed E-state index contributed by atoms with van der Waals surface area (Å²) in [6, 6.07) is 1.86. The first-order valence-corrected chi connectivity index (χ1v) is 8.08. The standard InChI is InChI=1S/C12H17F4P/c1-3-5-8-17(16,4-2)10-7-6-9(13)11(14)12(10)15/h6-7,17H,3-5,8H2,1-2H3. The van der Waals surface area contributed by atoms with Crippen molar-refractivity contribution in [1.29, 1.82) is 0 Å². The summed E-state index contributed by atoms with van der Waals surface area (Å²) in [5, 5.41) is -0.243. The van der Waals surface area contributed by atoms with E-state index in [1.165, 1.54) is 0 Å². The average Bonchev–Trinajstić information content (AvgIpc) is 2.33. The molecule has 0 aromatic heterocycles. The molecule has 0 heterocycles. The Morgan fingerprint density at radius 2 is 1.71 bits per heavy atom. The van der Waals surface area contributed by atoms with Gasteiger partial charge in [-0.15, -0.1) is 0 Å². The SMILES string of the molecule is CCCC[PH](F)(CC)c1ccc(F)c(F)c1F. The van der Waals surface area contributed by atoms with Gasteiger partial charge in [-0.3, -0.25) is 0 Å². The summed E-state index contributed by atoms with van der Waals surface area (Å²) in [6.07, 6.45) is 1.86. The Hall–Kier alpha value is -0.630. The van der Waals surface area contributed by atoms with Gasteiger partial charge in [0.15, 0.2) is 0 Å². The Labute approximate surface area is 99.5 Å². The maximum absolute atomic E-state index is 14.6. The molecule has 1 rings (SSSR count). The van der Waals surface area contributed by atoms with Crippen LogP contribution in [0.3, 0.4) is 0 Å². The van der Waals surface area contributed by atoms with Crippen molar-refractivity contribution in [2.45, 2.75) is 26.7 Å². The molecule has 0 N–H and O–H groups in total. The molecule has 0 atom stereocenters. The predicted molar refractivity (Wildman–Crippen MR) is 65.7 cm³/mol. The first-order chi connectivity index (χ1) is 7.96. The second-order valence-electron chi connectivity index (χ2n) is 4.15. The van der Waals surface area contributed by atoms with Crippen molar-refractivity contribution < 1.29 is 17.4 Å². The van der Waals surface area contributed by atoms with E-state index in [-0.39, 0.29) is 17.6 Å². The van der Waals surface area contributed by atoms with Crippen LogP contribution in [-0.2, 0) is 0 Å². The number of benzene rings is 1. The second-order valence-corrected chi connectivity index (χ2v) is 7.82. The van der Waals surface area contributed by atoms with Crippen LogP contribution in [0.2, 0.25) is 0 Å². The van der Waals surface area contributed by atoms with E-state index < -0.39 is 25.0 Å². The Morgan fingerprint density at radius 1 is 1.06 bits per heavy atom. The Bertz CT molecular complexity index is 394. The molecule has 0 radical (unpaired) electrons. The van der Waals surface area contributed by atoms with Gasteiger partial charge < -0.3 is 0 Å². The van der Waals surface area contributed by atoms with Gasteiger partial charge in [0.2, 0.25) is 0 Å². The van der Waals surface area contributed by atoms with Gasteiger partial charge in [-0.1, -0.05) is 0 Å². The van der Waals surface area contributed by atoms with Gasteiger partial charge in [-0.05, 0) is 0 Å². The molecule has 98 valence electrons. The third-order valence-electron chi connectivity index (χ3n) is 3.00. The number of hydrogen-bond donors (Lipinski definition) is 0. The van der Waals surface area contributed by atoms with Crippen molar-refractivity contribution in [2.75, 3.05) is 12.3 Å². The molecular formula is C12H17F4P. The molecule has 0 aliphatic carbocycles. The zero-order valence-corrected chi connectivity index (χ0v) is 11.0. The van der Waals surface area contributed by atoms with Crippen molar-refractivity contribution in [1.82, 2.24) is 0 Å². The fraction of sp³-hybridized carbons (Fsp3) is 0.500. The van der Waals surface area contributed by atoms with E-state index in [9.17, 15) is 17.4 Å². The quantitative estimate of drug-likeness (QED) is 0.427. The number of rotatable bonds is 5. The first-order valence-electron chi connectivity index (χ1n) is 5.79. The number of unbranched alkanes of at least 4 members (excludes halogenated alkanes) is 1. The van der Waals surface area contributed by atoms with Crippen LogP contribution < -0.4 is 5.30 Å². The van der Waals surface area contributed by atoms with Crippen molar-refractivity contribution in [3.05, 3.63) is 29.6 Å². The van der Waals surface area contributed by atoms with Gasteiger partial charge in [0.05, 0.1) is 0 Å². The molecule has 0 spiro atoms. The topological polar surface area (TPSA) is 0 Å². The third-order valence-corrected chi connectivity index (χ3v) is 6.62. The summed E-state index contributed by atoms with van der Waals surface area (Å²) in [4.78, 5) is 0. The summed E-state index contributed by atoms with van der Waals surface area (Å²) < 4.78 is 54.0. The van der Waals surface area contributed by atoms with E-state index in [0.29, 0.717) is 6.42 Å². The molecule has 0 unspecified atom stereocenters.